The summed E-state index contributed by atoms with van der Waals surface area (Å²) in [6.45, 7) is 2.16. The van der Waals surface area contributed by atoms with Gasteiger partial charge in [0.05, 0.1) is 27.1 Å². The van der Waals surface area contributed by atoms with Crippen LogP contribution < -0.4 is 20.9 Å². The van der Waals surface area contributed by atoms with Crippen LogP contribution in [0.1, 0.15) is 22.6 Å². The van der Waals surface area contributed by atoms with Crippen molar-refractivity contribution in [3.8, 4) is 22.9 Å². The van der Waals surface area contributed by atoms with Crippen molar-refractivity contribution in [2.75, 3.05) is 12.5 Å². The van der Waals surface area contributed by atoms with Crippen LogP contribution in [0.15, 0.2) is 41.8 Å². The lowest BCUT2D eigenvalue weighted by Gasteiger charge is -2.30. The van der Waals surface area contributed by atoms with Crippen LogP contribution in [-0.4, -0.2) is 21.7 Å². The van der Waals surface area contributed by atoms with Crippen LogP contribution in [0.4, 0.5) is 5.69 Å². The van der Waals surface area contributed by atoms with Gasteiger partial charge in [-0.1, -0.05) is 6.08 Å². The van der Waals surface area contributed by atoms with E-state index < -0.39 is 5.54 Å². The summed E-state index contributed by atoms with van der Waals surface area (Å²) >= 11 is 1.59. The van der Waals surface area contributed by atoms with E-state index in [-0.39, 0.29) is 6.79 Å². The Hall–Kier alpha value is -3.49. The summed E-state index contributed by atoms with van der Waals surface area (Å²) in [5.41, 5.74) is 18.4. The Kier molecular flexibility index (Phi) is 3.84. The van der Waals surface area contributed by atoms with Crippen LogP contribution in [0.3, 0.4) is 0 Å². The van der Waals surface area contributed by atoms with E-state index in [1.807, 2.05) is 54.8 Å². The Morgan fingerprint density at radius 1 is 1.06 bits per heavy atom. The van der Waals surface area contributed by atoms with Crippen molar-refractivity contribution in [3.05, 3.63) is 64.4 Å². The monoisotopic (exact) mass is 429 g/mol. The lowest BCUT2D eigenvalue weighted by atomic mass is 9.82. The second-order valence-electron chi connectivity index (χ2n) is 7.87. The Morgan fingerprint density at radius 3 is 2.84 bits per heavy atom. The molecule has 0 saturated heterocycles. The molecule has 154 valence electrons. The number of aromatic nitrogens is 3. The van der Waals surface area contributed by atoms with Crippen LogP contribution in [0.5, 0.6) is 11.5 Å². The van der Waals surface area contributed by atoms with Gasteiger partial charge in [0.25, 0.3) is 0 Å². The third-order valence-electron chi connectivity index (χ3n) is 5.70. The van der Waals surface area contributed by atoms with Crippen molar-refractivity contribution in [2.45, 2.75) is 18.9 Å². The zero-order valence-corrected chi connectivity index (χ0v) is 17.6. The highest BCUT2D eigenvalue weighted by Crippen LogP contribution is 2.40. The van der Waals surface area contributed by atoms with Gasteiger partial charge in [-0.05, 0) is 48.7 Å². The maximum atomic E-state index is 6.97. The molecule has 1 aliphatic carbocycles. The molecule has 1 atom stereocenters. The number of rotatable bonds is 2. The molecule has 0 bridgehead atoms. The smallest absolute Gasteiger partial charge is 0.231 e. The molecule has 1 aliphatic heterocycles. The SMILES string of the molecule is Cc1cc(N)c2c(n1)C=CC(N)(c1nc(-c3ccc4c(c3)OCO4)nc3ccsc13)C2. The summed E-state index contributed by atoms with van der Waals surface area (Å²) in [5, 5.41) is 2.01. The molecule has 0 fully saturated rings. The summed E-state index contributed by atoms with van der Waals surface area (Å²) in [4.78, 5) is 14.3. The van der Waals surface area contributed by atoms with Gasteiger partial charge in [-0.15, -0.1) is 11.3 Å². The van der Waals surface area contributed by atoms with E-state index in [0.717, 1.165) is 44.2 Å². The van der Waals surface area contributed by atoms with Crippen molar-refractivity contribution >= 4 is 33.3 Å². The number of ether oxygens (including phenoxy) is 2. The Morgan fingerprint density at radius 2 is 1.94 bits per heavy atom. The fourth-order valence-corrected chi connectivity index (χ4v) is 5.08. The molecule has 2 aliphatic rings. The second kappa shape index (κ2) is 6.50. The summed E-state index contributed by atoms with van der Waals surface area (Å²) < 4.78 is 11.9. The van der Waals surface area contributed by atoms with Crippen molar-refractivity contribution in [1.82, 2.24) is 15.0 Å². The number of nitrogens with zero attached hydrogens (tertiary/aromatic N) is 3. The summed E-state index contributed by atoms with van der Waals surface area (Å²) in [6.07, 6.45) is 4.44. The predicted octanol–water partition coefficient (Wildman–Crippen LogP) is 3.80. The van der Waals surface area contributed by atoms with Gasteiger partial charge in [-0.2, -0.15) is 0 Å². The van der Waals surface area contributed by atoms with Gasteiger partial charge in [0.1, 0.15) is 0 Å². The van der Waals surface area contributed by atoms with Gasteiger partial charge in [0.15, 0.2) is 17.3 Å². The van der Waals surface area contributed by atoms with E-state index in [9.17, 15) is 0 Å². The first kappa shape index (κ1) is 18.3. The molecule has 4 N–H and O–H groups in total. The van der Waals surface area contributed by atoms with Gasteiger partial charge < -0.3 is 20.9 Å². The topological polar surface area (TPSA) is 109 Å². The molecule has 0 saturated carbocycles. The number of thiophene rings is 1. The lowest BCUT2D eigenvalue weighted by molar-refractivity contribution is 0.174. The standard InChI is InChI=1S/C23H19N5O2S/c1-12-8-15(24)14-10-23(25,6-4-16(14)26-12)21-20-17(5-7-31-20)27-22(28-21)13-2-3-18-19(9-13)30-11-29-18/h2-9H,10-11,25H2,1H3,(H2,24,26). The minimum absolute atomic E-state index is 0.222. The number of aryl methyl sites for hydroxylation is 1. The Bertz CT molecular complexity index is 1400. The average Bonchev–Trinajstić information content (AvgIpc) is 3.42. The summed E-state index contributed by atoms with van der Waals surface area (Å²) in [6, 6.07) is 9.59. The van der Waals surface area contributed by atoms with Crippen molar-refractivity contribution in [3.63, 3.8) is 0 Å². The fourth-order valence-electron chi connectivity index (χ4n) is 4.17. The van der Waals surface area contributed by atoms with E-state index in [0.29, 0.717) is 23.7 Å². The molecule has 31 heavy (non-hydrogen) atoms. The highest BCUT2D eigenvalue weighted by atomic mass is 32.1. The van der Waals surface area contributed by atoms with Gasteiger partial charge in [-0.25, -0.2) is 9.97 Å². The normalized spacial score (nSPS) is 19.0. The Balaban J connectivity index is 1.51. The van der Waals surface area contributed by atoms with E-state index in [4.69, 9.17) is 30.9 Å². The number of fused-ring (bicyclic) bond motifs is 3. The zero-order chi connectivity index (χ0) is 21.2. The number of hydrogen-bond donors (Lipinski definition) is 2. The van der Waals surface area contributed by atoms with Crippen LogP contribution in [0.25, 0.3) is 27.7 Å². The quantitative estimate of drug-likeness (QED) is 0.499. The lowest BCUT2D eigenvalue weighted by Crippen LogP contribution is -2.40. The minimum Gasteiger partial charge on any atom is -0.454 e. The maximum Gasteiger partial charge on any atom is 0.231 e. The van der Waals surface area contributed by atoms with Crippen molar-refractivity contribution in [2.24, 2.45) is 5.73 Å². The first-order valence-corrected chi connectivity index (χ1v) is 10.8. The molecular weight excluding hydrogens is 410 g/mol. The highest BCUT2D eigenvalue weighted by Gasteiger charge is 2.34. The predicted molar refractivity (Wildman–Crippen MR) is 121 cm³/mol. The number of nitrogens with two attached hydrogens (primary N) is 2. The van der Waals surface area contributed by atoms with Crippen molar-refractivity contribution in [1.29, 1.82) is 0 Å². The minimum atomic E-state index is -0.824. The summed E-state index contributed by atoms with van der Waals surface area (Å²) in [7, 11) is 0. The molecule has 0 radical (unpaired) electrons. The van der Waals surface area contributed by atoms with Crippen LogP contribution in [0.2, 0.25) is 0 Å². The average molecular weight is 430 g/mol. The first-order valence-electron chi connectivity index (χ1n) is 9.90. The first-order chi connectivity index (χ1) is 15.0. The molecule has 3 aromatic heterocycles. The summed E-state index contributed by atoms with van der Waals surface area (Å²) in [5.74, 6) is 2.01. The van der Waals surface area contributed by atoms with E-state index in [2.05, 4.69) is 4.98 Å². The van der Waals surface area contributed by atoms with Crippen LogP contribution >= 0.6 is 11.3 Å². The number of anilines is 1. The number of hydrogen-bond acceptors (Lipinski definition) is 8. The molecule has 6 rings (SSSR count). The molecule has 4 heterocycles. The third kappa shape index (κ3) is 2.87. The van der Waals surface area contributed by atoms with Gasteiger partial charge in [-0.3, -0.25) is 4.98 Å². The molecule has 4 aromatic rings. The van der Waals surface area contributed by atoms with Crippen molar-refractivity contribution < 1.29 is 9.47 Å². The zero-order valence-electron chi connectivity index (χ0n) is 16.8. The molecule has 0 spiro atoms. The van der Waals surface area contributed by atoms with Gasteiger partial charge in [0, 0.05) is 28.9 Å². The third-order valence-corrected chi connectivity index (χ3v) is 6.61. The van der Waals surface area contributed by atoms with Crippen LogP contribution in [-0.2, 0) is 12.0 Å². The number of nitrogen functional groups attached to an aromatic ring is 1. The molecule has 1 unspecified atom stereocenters. The highest BCUT2D eigenvalue weighted by molar-refractivity contribution is 7.17. The second-order valence-corrected chi connectivity index (χ2v) is 8.78. The van der Waals surface area contributed by atoms with Gasteiger partial charge >= 0.3 is 0 Å². The maximum absolute atomic E-state index is 6.97. The fraction of sp³-hybridized carbons (Fsp3) is 0.174. The largest absolute Gasteiger partial charge is 0.454 e. The van der Waals surface area contributed by atoms with E-state index >= 15 is 0 Å². The Labute approximate surface area is 182 Å². The van der Waals surface area contributed by atoms with Crippen LogP contribution in [0, 0.1) is 6.92 Å². The number of pyridine rings is 1. The van der Waals surface area contributed by atoms with E-state index in [1.54, 1.807) is 11.3 Å². The molecule has 7 nitrogen and oxygen atoms in total. The van der Waals surface area contributed by atoms with E-state index in [1.165, 1.54) is 0 Å². The molecule has 1 aromatic carbocycles. The van der Waals surface area contributed by atoms with Gasteiger partial charge in [0.2, 0.25) is 6.79 Å². The molecule has 8 heteroatoms. The number of benzene rings is 1. The molecule has 0 amide bonds. The molecular formula is C23H19N5O2S.